The van der Waals surface area contributed by atoms with E-state index < -0.39 is 0 Å². The Hall–Kier alpha value is -1.09. The van der Waals surface area contributed by atoms with Gasteiger partial charge in [0.25, 0.3) is 0 Å². The van der Waals surface area contributed by atoms with Crippen LogP contribution < -0.4 is 10.5 Å². The summed E-state index contributed by atoms with van der Waals surface area (Å²) >= 11 is 0. The van der Waals surface area contributed by atoms with E-state index in [-0.39, 0.29) is 5.82 Å². The van der Waals surface area contributed by atoms with Crippen LogP contribution in [0.5, 0.6) is 5.75 Å². The van der Waals surface area contributed by atoms with Crippen LogP contribution in [0.15, 0.2) is 12.1 Å². The number of nitrogens with two attached hydrogens (primary N) is 1. The molecule has 0 saturated heterocycles. The molecular weight excluding hydrogens is 181 g/mol. The molecule has 3 heteroatoms. The van der Waals surface area contributed by atoms with Crippen LogP contribution in [-0.4, -0.2) is 13.7 Å². The van der Waals surface area contributed by atoms with Crippen LogP contribution >= 0.6 is 0 Å². The van der Waals surface area contributed by atoms with Gasteiger partial charge in [-0.2, -0.15) is 0 Å². The summed E-state index contributed by atoms with van der Waals surface area (Å²) in [6, 6.07) is 3.43. The number of ether oxygens (including phenoxy) is 1. The summed E-state index contributed by atoms with van der Waals surface area (Å²) in [5.41, 5.74) is 6.69. The average Bonchev–Trinajstić information content (AvgIpc) is 2.20. The molecule has 0 aliphatic carbocycles. The lowest BCUT2D eigenvalue weighted by atomic mass is 10.1. The molecule has 14 heavy (non-hydrogen) atoms. The zero-order valence-electron chi connectivity index (χ0n) is 8.64. The number of methoxy groups -OCH3 is 1. The van der Waals surface area contributed by atoms with Crippen molar-refractivity contribution in [2.75, 3.05) is 13.7 Å². The minimum atomic E-state index is -0.140. The molecule has 0 atom stereocenters. The third-order valence-electron chi connectivity index (χ3n) is 2.19. The van der Waals surface area contributed by atoms with Crippen LogP contribution in [0.25, 0.3) is 0 Å². The first kappa shape index (κ1) is 11.0. The van der Waals surface area contributed by atoms with Crippen molar-refractivity contribution in [2.45, 2.75) is 19.8 Å². The Balaban J connectivity index is 2.95. The van der Waals surface area contributed by atoms with Crippen molar-refractivity contribution in [3.63, 3.8) is 0 Å². The molecule has 0 unspecified atom stereocenters. The van der Waals surface area contributed by atoms with Crippen molar-refractivity contribution in [2.24, 2.45) is 5.73 Å². The molecule has 1 aromatic carbocycles. The number of benzene rings is 1. The highest BCUT2D eigenvalue weighted by Gasteiger charge is 2.07. The maximum absolute atomic E-state index is 13.5. The molecule has 0 radical (unpaired) electrons. The SMILES string of the molecule is COc1cc(C)c(F)c(CCCN)c1. The zero-order valence-corrected chi connectivity index (χ0v) is 8.64. The number of rotatable bonds is 4. The Bertz CT molecular complexity index is 312. The summed E-state index contributed by atoms with van der Waals surface area (Å²) in [5.74, 6) is 0.565. The van der Waals surface area contributed by atoms with Crippen molar-refractivity contribution in [1.29, 1.82) is 0 Å². The summed E-state index contributed by atoms with van der Waals surface area (Å²) in [6.45, 7) is 2.32. The summed E-state index contributed by atoms with van der Waals surface area (Å²) in [6.07, 6.45) is 1.46. The van der Waals surface area contributed by atoms with Crippen LogP contribution in [-0.2, 0) is 6.42 Å². The van der Waals surface area contributed by atoms with Gasteiger partial charge in [0.2, 0.25) is 0 Å². The van der Waals surface area contributed by atoms with Crippen LogP contribution in [0.1, 0.15) is 17.5 Å². The van der Waals surface area contributed by atoms with Crippen LogP contribution in [0.2, 0.25) is 0 Å². The van der Waals surface area contributed by atoms with Crippen molar-refractivity contribution in [3.8, 4) is 5.75 Å². The Kier molecular flexibility index (Phi) is 3.89. The fraction of sp³-hybridized carbons (Fsp3) is 0.455. The molecule has 78 valence electrons. The van der Waals surface area contributed by atoms with E-state index in [4.69, 9.17) is 10.5 Å². The summed E-state index contributed by atoms with van der Waals surface area (Å²) in [7, 11) is 1.58. The van der Waals surface area contributed by atoms with Gasteiger partial charge in [-0.05, 0) is 49.6 Å². The second-order valence-corrected chi connectivity index (χ2v) is 3.31. The molecule has 0 fully saturated rings. The first-order chi connectivity index (χ1) is 6.69. The van der Waals surface area contributed by atoms with Gasteiger partial charge < -0.3 is 10.5 Å². The first-order valence-corrected chi connectivity index (χ1v) is 4.72. The standard InChI is InChI=1S/C11H16FNO/c1-8-6-10(14-2)7-9(11(8)12)4-3-5-13/h6-7H,3-5,13H2,1-2H3. The summed E-state index contributed by atoms with van der Waals surface area (Å²) in [5, 5.41) is 0. The van der Waals surface area contributed by atoms with E-state index in [0.717, 1.165) is 6.42 Å². The van der Waals surface area contributed by atoms with E-state index in [1.165, 1.54) is 0 Å². The topological polar surface area (TPSA) is 35.2 Å². The van der Waals surface area contributed by atoms with E-state index in [1.807, 2.05) is 0 Å². The summed E-state index contributed by atoms with van der Waals surface area (Å²) < 4.78 is 18.6. The Morgan fingerprint density at radius 1 is 1.43 bits per heavy atom. The molecule has 0 saturated carbocycles. The quantitative estimate of drug-likeness (QED) is 0.801. The van der Waals surface area contributed by atoms with Gasteiger partial charge >= 0.3 is 0 Å². The molecule has 1 rings (SSSR count). The minimum Gasteiger partial charge on any atom is -0.497 e. The zero-order chi connectivity index (χ0) is 10.6. The van der Waals surface area contributed by atoms with Crippen molar-refractivity contribution in [1.82, 2.24) is 0 Å². The highest BCUT2D eigenvalue weighted by Crippen LogP contribution is 2.21. The number of halogens is 1. The van der Waals surface area contributed by atoms with Crippen LogP contribution in [0, 0.1) is 12.7 Å². The van der Waals surface area contributed by atoms with E-state index in [1.54, 1.807) is 26.2 Å². The molecule has 0 aliphatic heterocycles. The third-order valence-corrected chi connectivity index (χ3v) is 2.19. The van der Waals surface area contributed by atoms with Gasteiger partial charge in [0.1, 0.15) is 11.6 Å². The molecule has 2 N–H and O–H groups in total. The van der Waals surface area contributed by atoms with Gasteiger partial charge in [-0.15, -0.1) is 0 Å². The maximum Gasteiger partial charge on any atom is 0.129 e. The molecule has 0 amide bonds. The largest absolute Gasteiger partial charge is 0.497 e. The number of aryl methyl sites for hydroxylation is 2. The van der Waals surface area contributed by atoms with Crippen molar-refractivity contribution in [3.05, 3.63) is 29.1 Å². The number of hydrogen-bond acceptors (Lipinski definition) is 2. The smallest absolute Gasteiger partial charge is 0.129 e. The van der Waals surface area contributed by atoms with Gasteiger partial charge in [0.05, 0.1) is 7.11 Å². The average molecular weight is 197 g/mol. The van der Waals surface area contributed by atoms with Crippen LogP contribution in [0.3, 0.4) is 0 Å². The highest BCUT2D eigenvalue weighted by atomic mass is 19.1. The lowest BCUT2D eigenvalue weighted by Crippen LogP contribution is -2.03. The Labute approximate surface area is 83.9 Å². The Morgan fingerprint density at radius 2 is 2.14 bits per heavy atom. The molecule has 0 spiro atoms. The molecule has 1 aromatic rings. The van der Waals surface area contributed by atoms with Crippen LogP contribution in [0.4, 0.5) is 4.39 Å². The van der Waals surface area contributed by atoms with Crippen molar-refractivity contribution >= 4 is 0 Å². The molecule has 0 aliphatic rings. The van der Waals surface area contributed by atoms with Gasteiger partial charge in [0.15, 0.2) is 0 Å². The molecule has 0 heterocycles. The molecule has 0 bridgehead atoms. The monoisotopic (exact) mass is 197 g/mol. The predicted octanol–water partition coefficient (Wildman–Crippen LogP) is 2.03. The van der Waals surface area contributed by atoms with E-state index >= 15 is 0 Å². The third kappa shape index (κ3) is 2.45. The highest BCUT2D eigenvalue weighted by molar-refractivity contribution is 5.35. The van der Waals surface area contributed by atoms with Crippen molar-refractivity contribution < 1.29 is 9.13 Å². The van der Waals surface area contributed by atoms with E-state index in [0.29, 0.717) is 29.8 Å². The second-order valence-electron chi connectivity index (χ2n) is 3.31. The predicted molar refractivity (Wildman–Crippen MR) is 55.1 cm³/mol. The second kappa shape index (κ2) is 4.96. The van der Waals surface area contributed by atoms with Gasteiger partial charge in [0, 0.05) is 0 Å². The molecular formula is C11H16FNO. The lowest BCUT2D eigenvalue weighted by Gasteiger charge is -2.08. The van der Waals surface area contributed by atoms with Gasteiger partial charge in [-0.1, -0.05) is 0 Å². The van der Waals surface area contributed by atoms with Gasteiger partial charge in [-0.25, -0.2) is 4.39 Å². The molecule has 2 nitrogen and oxygen atoms in total. The number of hydrogen-bond donors (Lipinski definition) is 1. The van der Waals surface area contributed by atoms with E-state index in [2.05, 4.69) is 0 Å². The van der Waals surface area contributed by atoms with Gasteiger partial charge in [-0.3, -0.25) is 0 Å². The minimum absolute atomic E-state index is 0.140. The summed E-state index contributed by atoms with van der Waals surface area (Å²) in [4.78, 5) is 0. The lowest BCUT2D eigenvalue weighted by molar-refractivity contribution is 0.412. The Morgan fingerprint density at radius 3 is 2.71 bits per heavy atom. The molecule has 0 aromatic heterocycles. The fourth-order valence-corrected chi connectivity index (χ4v) is 1.40. The maximum atomic E-state index is 13.5. The normalized spacial score (nSPS) is 10.3. The van der Waals surface area contributed by atoms with E-state index in [9.17, 15) is 4.39 Å². The fourth-order valence-electron chi connectivity index (χ4n) is 1.40. The first-order valence-electron chi connectivity index (χ1n) is 4.72.